The second kappa shape index (κ2) is 11.1. The lowest BCUT2D eigenvalue weighted by Gasteiger charge is -2.27. The Labute approximate surface area is 187 Å². The van der Waals surface area contributed by atoms with Crippen LogP contribution >= 0.6 is 0 Å². The molecule has 0 unspecified atom stereocenters. The number of benzene rings is 1. The van der Waals surface area contributed by atoms with Gasteiger partial charge in [-0.05, 0) is 24.6 Å². The van der Waals surface area contributed by atoms with Crippen molar-refractivity contribution in [2.45, 2.75) is 13.5 Å². The van der Waals surface area contributed by atoms with Crippen LogP contribution in [-0.2, 0) is 16.0 Å². The molecule has 11 heteroatoms. The molecule has 2 fully saturated rings. The molecule has 2 aromatic rings. The van der Waals surface area contributed by atoms with E-state index in [-0.39, 0.29) is 6.54 Å². The van der Waals surface area contributed by atoms with Gasteiger partial charge in [0.25, 0.3) is 0 Å². The van der Waals surface area contributed by atoms with E-state index < -0.39 is 0 Å². The molecule has 0 spiro atoms. The van der Waals surface area contributed by atoms with Crippen LogP contribution in [0.5, 0.6) is 6.01 Å². The van der Waals surface area contributed by atoms with Gasteiger partial charge in [0.1, 0.15) is 18.8 Å². The van der Waals surface area contributed by atoms with Gasteiger partial charge in [-0.2, -0.15) is 25.2 Å². The Hall–Kier alpha value is -2.89. The standard InChI is InChI=1S/C21H30N8O3/c1-16-2-3-17(22)18(14-16)27-23-15-19-24-20(29-7-11-31-12-8-29)26-21(25-19)32-13-6-28-4-9-30-10-5-28/h2-3,14H,4-13,15,22H2,1H3. The van der Waals surface area contributed by atoms with Crippen molar-refractivity contribution < 1.29 is 14.2 Å². The quantitative estimate of drug-likeness (QED) is 0.479. The highest BCUT2D eigenvalue weighted by molar-refractivity contribution is 5.62. The van der Waals surface area contributed by atoms with Crippen molar-refractivity contribution in [3.63, 3.8) is 0 Å². The number of morpholine rings is 2. The molecule has 4 rings (SSSR count). The van der Waals surface area contributed by atoms with Gasteiger partial charge in [0.2, 0.25) is 5.95 Å². The van der Waals surface area contributed by atoms with E-state index in [4.69, 9.17) is 19.9 Å². The first-order valence-electron chi connectivity index (χ1n) is 10.9. The van der Waals surface area contributed by atoms with Crippen molar-refractivity contribution >= 4 is 17.3 Å². The van der Waals surface area contributed by atoms with E-state index in [0.717, 1.165) is 51.5 Å². The molecule has 0 aliphatic carbocycles. The molecule has 0 amide bonds. The number of aromatic nitrogens is 3. The van der Waals surface area contributed by atoms with Crippen LogP contribution in [0.25, 0.3) is 0 Å². The number of azo groups is 1. The monoisotopic (exact) mass is 442 g/mol. The third-order valence-electron chi connectivity index (χ3n) is 5.26. The van der Waals surface area contributed by atoms with Gasteiger partial charge in [-0.15, -0.1) is 0 Å². The molecular weight excluding hydrogens is 412 g/mol. The maximum atomic E-state index is 5.99. The Morgan fingerprint density at radius 3 is 2.56 bits per heavy atom. The number of nitrogen functional groups attached to an aromatic ring is 1. The predicted molar refractivity (Wildman–Crippen MR) is 119 cm³/mol. The van der Waals surface area contributed by atoms with Crippen LogP contribution in [0, 0.1) is 6.92 Å². The molecular formula is C21H30N8O3. The summed E-state index contributed by atoms with van der Waals surface area (Å²) in [5.41, 5.74) is 8.27. The topological polar surface area (TPSA) is 124 Å². The molecule has 0 radical (unpaired) electrons. The third kappa shape index (κ3) is 6.31. The summed E-state index contributed by atoms with van der Waals surface area (Å²) in [7, 11) is 0. The van der Waals surface area contributed by atoms with Crippen molar-refractivity contribution in [3.8, 4) is 6.01 Å². The first kappa shape index (κ1) is 22.3. The van der Waals surface area contributed by atoms with Crippen molar-refractivity contribution in [2.24, 2.45) is 10.2 Å². The highest BCUT2D eigenvalue weighted by atomic mass is 16.5. The van der Waals surface area contributed by atoms with Gasteiger partial charge in [-0.25, -0.2) is 0 Å². The summed E-state index contributed by atoms with van der Waals surface area (Å²) >= 11 is 0. The van der Waals surface area contributed by atoms with E-state index in [1.807, 2.05) is 25.1 Å². The lowest BCUT2D eigenvalue weighted by molar-refractivity contribution is 0.0317. The summed E-state index contributed by atoms with van der Waals surface area (Å²) in [4.78, 5) is 17.9. The SMILES string of the molecule is Cc1ccc(N)c(N=NCc2nc(OCCN3CCOCC3)nc(N3CCOCC3)n2)c1. The Kier molecular flexibility index (Phi) is 7.75. The van der Waals surface area contributed by atoms with Crippen molar-refractivity contribution in [3.05, 3.63) is 29.6 Å². The molecule has 3 heterocycles. The lowest BCUT2D eigenvalue weighted by Crippen LogP contribution is -2.39. The van der Waals surface area contributed by atoms with Gasteiger partial charge in [0.15, 0.2) is 5.82 Å². The normalized spacial score (nSPS) is 17.7. The number of hydrogen-bond acceptors (Lipinski definition) is 11. The second-order valence-electron chi connectivity index (χ2n) is 7.70. The molecule has 2 aliphatic heterocycles. The van der Waals surface area contributed by atoms with Crippen LogP contribution in [-0.4, -0.2) is 85.6 Å². The first-order chi connectivity index (χ1) is 15.7. The number of ether oxygens (including phenoxy) is 3. The smallest absolute Gasteiger partial charge is 0.321 e. The number of aryl methyl sites for hydroxylation is 1. The zero-order valence-electron chi connectivity index (χ0n) is 18.4. The minimum Gasteiger partial charge on any atom is -0.462 e. The van der Waals surface area contributed by atoms with Gasteiger partial charge in [0, 0.05) is 32.7 Å². The molecule has 11 nitrogen and oxygen atoms in total. The number of nitrogens with zero attached hydrogens (tertiary/aromatic N) is 7. The summed E-state index contributed by atoms with van der Waals surface area (Å²) < 4.78 is 16.7. The first-order valence-corrected chi connectivity index (χ1v) is 10.9. The molecule has 32 heavy (non-hydrogen) atoms. The zero-order valence-corrected chi connectivity index (χ0v) is 18.4. The van der Waals surface area contributed by atoms with Crippen molar-refractivity contribution in [1.29, 1.82) is 0 Å². The molecule has 2 saturated heterocycles. The Morgan fingerprint density at radius 1 is 1.03 bits per heavy atom. The second-order valence-corrected chi connectivity index (χ2v) is 7.70. The molecule has 1 aromatic carbocycles. The maximum absolute atomic E-state index is 5.99. The van der Waals surface area contributed by atoms with Crippen LogP contribution in [0.1, 0.15) is 11.4 Å². The largest absolute Gasteiger partial charge is 0.462 e. The summed E-state index contributed by atoms with van der Waals surface area (Å²) in [6, 6.07) is 5.96. The van der Waals surface area contributed by atoms with Gasteiger partial charge < -0.3 is 24.8 Å². The van der Waals surface area contributed by atoms with Crippen molar-refractivity contribution in [2.75, 3.05) is 76.4 Å². The van der Waals surface area contributed by atoms with E-state index in [0.29, 0.717) is 49.0 Å². The van der Waals surface area contributed by atoms with Crippen LogP contribution in [0.2, 0.25) is 0 Å². The van der Waals surface area contributed by atoms with Crippen molar-refractivity contribution in [1.82, 2.24) is 19.9 Å². The summed E-state index contributed by atoms with van der Waals surface area (Å²) in [6.45, 7) is 9.53. The Morgan fingerprint density at radius 2 is 1.78 bits per heavy atom. The van der Waals surface area contributed by atoms with Crippen LogP contribution in [0.15, 0.2) is 28.4 Å². The number of hydrogen-bond donors (Lipinski definition) is 1. The van der Waals surface area contributed by atoms with Crippen LogP contribution in [0.4, 0.5) is 17.3 Å². The van der Waals surface area contributed by atoms with Gasteiger partial charge in [0.05, 0.1) is 32.1 Å². The van der Waals surface area contributed by atoms with Crippen LogP contribution < -0.4 is 15.4 Å². The van der Waals surface area contributed by atoms with Gasteiger partial charge in [-0.1, -0.05) is 6.07 Å². The molecule has 2 N–H and O–H groups in total. The minimum absolute atomic E-state index is 0.201. The van der Waals surface area contributed by atoms with E-state index in [1.165, 1.54) is 0 Å². The average Bonchev–Trinajstić information content (AvgIpc) is 2.82. The van der Waals surface area contributed by atoms with Crippen LogP contribution in [0.3, 0.4) is 0 Å². The fourth-order valence-corrected chi connectivity index (χ4v) is 3.43. The highest BCUT2D eigenvalue weighted by Gasteiger charge is 2.18. The van der Waals surface area contributed by atoms with Gasteiger partial charge in [-0.3, -0.25) is 4.90 Å². The summed E-state index contributed by atoms with van der Waals surface area (Å²) in [5.74, 6) is 1.07. The Bertz CT molecular complexity index is 914. The lowest BCUT2D eigenvalue weighted by atomic mass is 10.2. The zero-order chi connectivity index (χ0) is 22.2. The summed E-state index contributed by atoms with van der Waals surface area (Å²) in [6.07, 6.45) is 0. The highest BCUT2D eigenvalue weighted by Crippen LogP contribution is 2.23. The van der Waals surface area contributed by atoms with E-state index in [2.05, 4.69) is 35.0 Å². The molecule has 0 atom stereocenters. The average molecular weight is 443 g/mol. The summed E-state index contributed by atoms with van der Waals surface area (Å²) in [5, 5.41) is 8.53. The molecule has 0 bridgehead atoms. The van der Waals surface area contributed by atoms with E-state index in [9.17, 15) is 0 Å². The third-order valence-corrected chi connectivity index (χ3v) is 5.26. The van der Waals surface area contributed by atoms with E-state index >= 15 is 0 Å². The number of rotatable bonds is 8. The molecule has 2 aliphatic rings. The molecule has 172 valence electrons. The predicted octanol–water partition coefficient (Wildman–Crippen LogP) is 1.59. The fourth-order valence-electron chi connectivity index (χ4n) is 3.43. The molecule has 0 saturated carbocycles. The maximum Gasteiger partial charge on any atom is 0.321 e. The number of nitrogens with two attached hydrogens (primary N) is 1. The fraction of sp³-hybridized carbons (Fsp3) is 0.571. The van der Waals surface area contributed by atoms with E-state index in [1.54, 1.807) is 0 Å². The molecule has 1 aromatic heterocycles. The van der Waals surface area contributed by atoms with Gasteiger partial charge >= 0.3 is 6.01 Å². The Balaban J connectivity index is 1.44. The number of anilines is 2. The minimum atomic E-state index is 0.201.